The minimum absolute atomic E-state index is 0.367. The van der Waals surface area contributed by atoms with E-state index in [2.05, 4.69) is 10.6 Å². The lowest BCUT2D eigenvalue weighted by atomic mass is 10.1. The molecule has 0 saturated carbocycles. The number of aliphatic carboxylic acids is 1. The summed E-state index contributed by atoms with van der Waals surface area (Å²) in [7, 11) is 0. The highest BCUT2D eigenvalue weighted by molar-refractivity contribution is 5.92. The maximum atomic E-state index is 12.8. The van der Waals surface area contributed by atoms with Crippen LogP contribution in [0.3, 0.4) is 0 Å². The number of carboxylic acid groups (broad SMARTS) is 1. The maximum absolute atomic E-state index is 12.8. The standard InChI is InChI=1S/C15H13FN2O3/c16-11-6-8-12(9-7-11)17-15(21)18-13(14(19)20)10-4-2-1-3-5-10/h1-9,13H,(H,19,20)(H2,17,18,21). The second-order valence-corrected chi connectivity index (χ2v) is 4.29. The number of urea groups is 1. The quantitative estimate of drug-likeness (QED) is 0.809. The second-order valence-electron chi connectivity index (χ2n) is 4.29. The van der Waals surface area contributed by atoms with Gasteiger partial charge < -0.3 is 15.7 Å². The van der Waals surface area contributed by atoms with E-state index in [1.165, 1.54) is 24.3 Å². The van der Waals surface area contributed by atoms with Gasteiger partial charge in [-0.15, -0.1) is 0 Å². The molecule has 2 aromatic rings. The molecule has 108 valence electrons. The Morgan fingerprint density at radius 1 is 1.00 bits per heavy atom. The predicted molar refractivity (Wildman–Crippen MR) is 75.4 cm³/mol. The molecule has 1 unspecified atom stereocenters. The van der Waals surface area contributed by atoms with Crippen LogP contribution in [-0.4, -0.2) is 17.1 Å². The average Bonchev–Trinajstić information content (AvgIpc) is 2.48. The number of carbonyl (C=O) groups excluding carboxylic acids is 1. The fourth-order valence-electron chi connectivity index (χ4n) is 1.76. The first kappa shape index (κ1) is 14.5. The van der Waals surface area contributed by atoms with E-state index in [4.69, 9.17) is 0 Å². The maximum Gasteiger partial charge on any atom is 0.330 e. The lowest BCUT2D eigenvalue weighted by Crippen LogP contribution is -2.36. The monoisotopic (exact) mass is 288 g/mol. The molecule has 21 heavy (non-hydrogen) atoms. The number of benzene rings is 2. The summed E-state index contributed by atoms with van der Waals surface area (Å²) in [4.78, 5) is 23.0. The molecule has 0 aliphatic carbocycles. The van der Waals surface area contributed by atoms with Gasteiger partial charge in [-0.25, -0.2) is 14.0 Å². The Bertz CT molecular complexity index is 629. The van der Waals surface area contributed by atoms with Gasteiger partial charge >= 0.3 is 12.0 Å². The van der Waals surface area contributed by atoms with Crippen molar-refractivity contribution in [2.75, 3.05) is 5.32 Å². The van der Waals surface area contributed by atoms with Gasteiger partial charge in [-0.3, -0.25) is 0 Å². The molecular weight excluding hydrogens is 275 g/mol. The number of carbonyl (C=O) groups is 2. The molecule has 2 amide bonds. The van der Waals surface area contributed by atoms with Gasteiger partial charge in [0.1, 0.15) is 5.82 Å². The minimum atomic E-state index is -1.17. The molecule has 0 aliphatic rings. The fraction of sp³-hybridized carbons (Fsp3) is 0.0667. The Balaban J connectivity index is 2.05. The normalized spacial score (nSPS) is 11.5. The van der Waals surface area contributed by atoms with Crippen LogP contribution >= 0.6 is 0 Å². The molecule has 5 nitrogen and oxygen atoms in total. The number of amides is 2. The number of hydrogen-bond donors (Lipinski definition) is 3. The van der Waals surface area contributed by atoms with Crippen LogP contribution < -0.4 is 10.6 Å². The van der Waals surface area contributed by atoms with Crippen molar-refractivity contribution < 1.29 is 19.1 Å². The summed E-state index contributed by atoms with van der Waals surface area (Å²) in [6.45, 7) is 0. The summed E-state index contributed by atoms with van der Waals surface area (Å²) in [6, 6.07) is 11.7. The van der Waals surface area contributed by atoms with Crippen molar-refractivity contribution in [1.82, 2.24) is 5.32 Å². The summed E-state index contributed by atoms with van der Waals surface area (Å²) in [5.74, 6) is -1.59. The molecule has 6 heteroatoms. The zero-order chi connectivity index (χ0) is 15.2. The van der Waals surface area contributed by atoms with E-state index in [0.29, 0.717) is 11.3 Å². The van der Waals surface area contributed by atoms with E-state index in [0.717, 1.165) is 0 Å². The molecular formula is C15H13FN2O3. The van der Waals surface area contributed by atoms with Gasteiger partial charge in [-0.05, 0) is 29.8 Å². The van der Waals surface area contributed by atoms with Gasteiger partial charge in [0.2, 0.25) is 0 Å². The number of halogens is 1. The first-order valence-electron chi connectivity index (χ1n) is 6.17. The van der Waals surface area contributed by atoms with Crippen LogP contribution in [0.4, 0.5) is 14.9 Å². The molecule has 0 radical (unpaired) electrons. The number of hydrogen-bond acceptors (Lipinski definition) is 2. The summed E-state index contributed by atoms with van der Waals surface area (Å²) in [6.07, 6.45) is 0. The topological polar surface area (TPSA) is 78.4 Å². The van der Waals surface area contributed by atoms with Gasteiger partial charge in [0, 0.05) is 5.69 Å². The minimum Gasteiger partial charge on any atom is -0.479 e. The van der Waals surface area contributed by atoms with Crippen molar-refractivity contribution in [1.29, 1.82) is 0 Å². The molecule has 0 spiro atoms. The van der Waals surface area contributed by atoms with Crippen molar-refractivity contribution in [2.24, 2.45) is 0 Å². The van der Waals surface area contributed by atoms with Crippen molar-refractivity contribution in [3.8, 4) is 0 Å². The number of nitrogens with one attached hydrogen (secondary N) is 2. The van der Waals surface area contributed by atoms with Crippen molar-refractivity contribution >= 4 is 17.7 Å². The smallest absolute Gasteiger partial charge is 0.330 e. The average molecular weight is 288 g/mol. The Morgan fingerprint density at radius 2 is 1.62 bits per heavy atom. The van der Waals surface area contributed by atoms with Crippen molar-refractivity contribution in [3.63, 3.8) is 0 Å². The molecule has 0 bridgehead atoms. The molecule has 1 atom stereocenters. The van der Waals surface area contributed by atoms with Gasteiger partial charge in [0.05, 0.1) is 0 Å². The Kier molecular flexibility index (Phi) is 4.50. The summed E-state index contributed by atoms with van der Waals surface area (Å²) in [5.41, 5.74) is 0.824. The molecule has 2 aromatic carbocycles. The van der Waals surface area contributed by atoms with Gasteiger partial charge in [-0.2, -0.15) is 0 Å². The first-order chi connectivity index (χ1) is 10.1. The first-order valence-corrected chi connectivity index (χ1v) is 6.17. The van der Waals surface area contributed by atoms with Crippen LogP contribution in [0, 0.1) is 5.82 Å². The Morgan fingerprint density at radius 3 is 2.19 bits per heavy atom. The summed E-state index contributed by atoms with van der Waals surface area (Å²) >= 11 is 0. The third-order valence-corrected chi connectivity index (χ3v) is 2.76. The molecule has 2 rings (SSSR count). The van der Waals surface area contributed by atoms with Crippen molar-refractivity contribution in [2.45, 2.75) is 6.04 Å². The predicted octanol–water partition coefficient (Wildman–Crippen LogP) is 2.77. The Hall–Kier alpha value is -2.89. The van der Waals surface area contributed by atoms with Crippen LogP contribution in [0.5, 0.6) is 0 Å². The molecule has 0 saturated heterocycles. The highest BCUT2D eigenvalue weighted by Crippen LogP contribution is 2.13. The molecule has 0 aliphatic heterocycles. The van der Waals surface area contributed by atoms with E-state index in [1.807, 2.05) is 0 Å². The van der Waals surface area contributed by atoms with Crippen LogP contribution in [0.1, 0.15) is 11.6 Å². The summed E-state index contributed by atoms with van der Waals surface area (Å²) in [5, 5.41) is 14.0. The summed E-state index contributed by atoms with van der Waals surface area (Å²) < 4.78 is 12.8. The SMILES string of the molecule is O=C(Nc1ccc(F)cc1)NC(C(=O)O)c1ccccc1. The van der Waals surface area contributed by atoms with Crippen LogP contribution in [0.15, 0.2) is 54.6 Å². The molecule has 0 heterocycles. The zero-order valence-corrected chi connectivity index (χ0v) is 10.9. The number of anilines is 1. The highest BCUT2D eigenvalue weighted by Gasteiger charge is 2.21. The third-order valence-electron chi connectivity index (χ3n) is 2.76. The molecule has 3 N–H and O–H groups in total. The van der Waals surface area contributed by atoms with Crippen LogP contribution in [-0.2, 0) is 4.79 Å². The van der Waals surface area contributed by atoms with Gasteiger partial charge in [0.15, 0.2) is 6.04 Å². The van der Waals surface area contributed by atoms with Crippen LogP contribution in [0.2, 0.25) is 0 Å². The zero-order valence-electron chi connectivity index (χ0n) is 10.9. The van der Waals surface area contributed by atoms with E-state index in [1.54, 1.807) is 30.3 Å². The largest absolute Gasteiger partial charge is 0.479 e. The van der Waals surface area contributed by atoms with Gasteiger partial charge in [-0.1, -0.05) is 30.3 Å². The fourth-order valence-corrected chi connectivity index (χ4v) is 1.76. The lowest BCUT2D eigenvalue weighted by Gasteiger charge is -2.15. The third kappa shape index (κ3) is 4.04. The van der Waals surface area contributed by atoms with Gasteiger partial charge in [0.25, 0.3) is 0 Å². The van der Waals surface area contributed by atoms with Crippen LogP contribution in [0.25, 0.3) is 0 Å². The Labute approximate surface area is 120 Å². The van der Waals surface area contributed by atoms with Crippen molar-refractivity contribution in [3.05, 3.63) is 66.0 Å². The van der Waals surface area contributed by atoms with E-state index < -0.39 is 23.9 Å². The van der Waals surface area contributed by atoms with E-state index >= 15 is 0 Å². The molecule has 0 aromatic heterocycles. The highest BCUT2D eigenvalue weighted by atomic mass is 19.1. The second kappa shape index (κ2) is 6.51. The number of carboxylic acids is 1. The number of rotatable bonds is 4. The van der Waals surface area contributed by atoms with E-state index in [-0.39, 0.29) is 0 Å². The van der Waals surface area contributed by atoms with E-state index in [9.17, 15) is 19.1 Å². The molecule has 0 fully saturated rings. The lowest BCUT2D eigenvalue weighted by molar-refractivity contribution is -0.139.